The zero-order valence-electron chi connectivity index (χ0n) is 27.1. The summed E-state index contributed by atoms with van der Waals surface area (Å²) < 4.78 is 6.06. The van der Waals surface area contributed by atoms with E-state index >= 15 is 0 Å². The van der Waals surface area contributed by atoms with Gasteiger partial charge in [0.25, 0.3) is 0 Å². The number of nitrogens with zero attached hydrogens (tertiary/aromatic N) is 4. The first-order valence-corrected chi connectivity index (χ1v) is 16.2. The predicted octanol–water partition coefficient (Wildman–Crippen LogP) is 11.5. The van der Waals surface area contributed by atoms with Crippen LogP contribution in [-0.2, 0) is 5.41 Å². The summed E-state index contributed by atoms with van der Waals surface area (Å²) in [6.07, 6.45) is 0. The molecule has 2 aromatic heterocycles. The SMILES string of the molecule is CC(C)(C)c1ccc(N(c2ccc(-c3nc4ccccc4o3)cc2)c2ccc(-c3nc4ccccc4nc3-c3ccccc3)cc2)cc1. The number of hydrogen-bond acceptors (Lipinski definition) is 5. The lowest BCUT2D eigenvalue weighted by molar-refractivity contribution is 0.590. The highest BCUT2D eigenvalue weighted by atomic mass is 16.3. The molecule has 0 aliphatic rings. The molecule has 0 bridgehead atoms. The summed E-state index contributed by atoms with van der Waals surface area (Å²) in [7, 11) is 0. The smallest absolute Gasteiger partial charge is 0.227 e. The molecule has 8 rings (SSSR count). The average molecular weight is 623 g/mol. The maximum absolute atomic E-state index is 6.06. The molecule has 0 spiro atoms. The van der Waals surface area contributed by atoms with Crippen molar-refractivity contribution in [3.63, 3.8) is 0 Å². The molecule has 0 saturated heterocycles. The molecule has 0 fully saturated rings. The molecular formula is C43H34N4O. The van der Waals surface area contributed by atoms with Gasteiger partial charge in [0.1, 0.15) is 5.52 Å². The number of rotatable bonds is 6. The van der Waals surface area contributed by atoms with Gasteiger partial charge in [-0.1, -0.05) is 99.6 Å². The van der Waals surface area contributed by atoms with Crippen LogP contribution in [0.4, 0.5) is 17.1 Å². The number of hydrogen-bond donors (Lipinski definition) is 0. The van der Waals surface area contributed by atoms with Crippen LogP contribution < -0.4 is 4.90 Å². The van der Waals surface area contributed by atoms with Crippen molar-refractivity contribution in [2.75, 3.05) is 4.90 Å². The molecule has 232 valence electrons. The zero-order valence-corrected chi connectivity index (χ0v) is 27.1. The largest absolute Gasteiger partial charge is 0.436 e. The zero-order chi connectivity index (χ0) is 32.7. The topological polar surface area (TPSA) is 55.1 Å². The monoisotopic (exact) mass is 622 g/mol. The van der Waals surface area contributed by atoms with Gasteiger partial charge in [0.05, 0.1) is 22.4 Å². The van der Waals surface area contributed by atoms with Crippen molar-refractivity contribution in [3.05, 3.63) is 157 Å². The molecule has 6 aromatic carbocycles. The minimum Gasteiger partial charge on any atom is -0.436 e. The van der Waals surface area contributed by atoms with Crippen molar-refractivity contribution in [1.29, 1.82) is 0 Å². The average Bonchev–Trinajstić information content (AvgIpc) is 3.57. The molecule has 5 heteroatoms. The number of para-hydroxylation sites is 4. The second kappa shape index (κ2) is 11.9. The first kappa shape index (κ1) is 29.3. The number of aromatic nitrogens is 3. The molecule has 5 nitrogen and oxygen atoms in total. The fraction of sp³-hybridized carbons (Fsp3) is 0.0930. The number of fused-ring (bicyclic) bond motifs is 2. The minimum absolute atomic E-state index is 0.0591. The van der Waals surface area contributed by atoms with Gasteiger partial charge in [0.2, 0.25) is 5.89 Å². The summed E-state index contributed by atoms with van der Waals surface area (Å²) in [6, 6.07) is 52.0. The van der Waals surface area contributed by atoms with E-state index in [0.717, 1.165) is 67.3 Å². The molecule has 0 atom stereocenters. The Balaban J connectivity index is 1.20. The van der Waals surface area contributed by atoms with Crippen molar-refractivity contribution >= 4 is 39.2 Å². The Bertz CT molecular complexity index is 2320. The van der Waals surface area contributed by atoms with Gasteiger partial charge in [-0.2, -0.15) is 0 Å². The van der Waals surface area contributed by atoms with Crippen LogP contribution in [0.15, 0.2) is 156 Å². The lowest BCUT2D eigenvalue weighted by Crippen LogP contribution is -2.13. The van der Waals surface area contributed by atoms with E-state index in [-0.39, 0.29) is 5.41 Å². The highest BCUT2D eigenvalue weighted by molar-refractivity contribution is 5.87. The van der Waals surface area contributed by atoms with Gasteiger partial charge in [-0.25, -0.2) is 15.0 Å². The molecule has 48 heavy (non-hydrogen) atoms. The number of oxazole rings is 1. The highest BCUT2D eigenvalue weighted by Crippen LogP contribution is 2.39. The van der Waals surface area contributed by atoms with Crippen molar-refractivity contribution in [2.45, 2.75) is 26.2 Å². The second-order valence-corrected chi connectivity index (χ2v) is 13.0. The summed E-state index contributed by atoms with van der Waals surface area (Å²) in [5.74, 6) is 0.610. The Kier molecular flexibility index (Phi) is 7.30. The van der Waals surface area contributed by atoms with E-state index in [0.29, 0.717) is 5.89 Å². The van der Waals surface area contributed by atoms with E-state index in [9.17, 15) is 0 Å². The van der Waals surface area contributed by atoms with Crippen molar-refractivity contribution in [1.82, 2.24) is 15.0 Å². The Morgan fingerprint density at radius 1 is 0.438 bits per heavy atom. The fourth-order valence-corrected chi connectivity index (χ4v) is 6.07. The van der Waals surface area contributed by atoms with Crippen LogP contribution in [0.1, 0.15) is 26.3 Å². The van der Waals surface area contributed by atoms with Crippen molar-refractivity contribution in [2.24, 2.45) is 0 Å². The van der Waals surface area contributed by atoms with Crippen LogP contribution in [-0.4, -0.2) is 15.0 Å². The van der Waals surface area contributed by atoms with Gasteiger partial charge in [-0.15, -0.1) is 0 Å². The van der Waals surface area contributed by atoms with E-state index in [4.69, 9.17) is 19.4 Å². The minimum atomic E-state index is 0.0591. The maximum atomic E-state index is 6.06. The number of anilines is 3. The molecule has 0 N–H and O–H groups in total. The quantitative estimate of drug-likeness (QED) is 0.185. The highest BCUT2D eigenvalue weighted by Gasteiger charge is 2.19. The summed E-state index contributed by atoms with van der Waals surface area (Å²) in [4.78, 5) is 17.1. The lowest BCUT2D eigenvalue weighted by atomic mass is 9.87. The normalized spacial score (nSPS) is 11.6. The van der Waals surface area contributed by atoms with E-state index in [1.165, 1.54) is 5.56 Å². The van der Waals surface area contributed by atoms with Crippen LogP contribution in [0.3, 0.4) is 0 Å². The van der Waals surface area contributed by atoms with Crippen LogP contribution in [0.2, 0.25) is 0 Å². The summed E-state index contributed by atoms with van der Waals surface area (Å²) in [6.45, 7) is 6.72. The van der Waals surface area contributed by atoms with Crippen LogP contribution in [0.5, 0.6) is 0 Å². The molecule has 0 unspecified atom stereocenters. The summed E-state index contributed by atoms with van der Waals surface area (Å²) >= 11 is 0. The van der Waals surface area contributed by atoms with Crippen LogP contribution >= 0.6 is 0 Å². The molecule has 0 amide bonds. The third-order valence-electron chi connectivity index (χ3n) is 8.67. The van der Waals surface area contributed by atoms with E-state index in [2.05, 4.69) is 111 Å². The summed E-state index contributed by atoms with van der Waals surface area (Å²) in [5, 5.41) is 0. The molecule has 2 heterocycles. The lowest BCUT2D eigenvalue weighted by Gasteiger charge is -2.27. The van der Waals surface area contributed by atoms with Crippen molar-refractivity contribution in [3.8, 4) is 34.0 Å². The van der Waals surface area contributed by atoms with E-state index < -0.39 is 0 Å². The van der Waals surface area contributed by atoms with E-state index in [1.807, 2.05) is 66.7 Å². The Labute approximate surface area is 280 Å². The molecule has 0 aliphatic heterocycles. The van der Waals surface area contributed by atoms with Crippen LogP contribution in [0.25, 0.3) is 56.1 Å². The Hall–Kier alpha value is -6.07. The van der Waals surface area contributed by atoms with Gasteiger partial charge >= 0.3 is 0 Å². The third-order valence-corrected chi connectivity index (χ3v) is 8.67. The molecule has 0 aliphatic carbocycles. The van der Waals surface area contributed by atoms with Crippen LogP contribution in [0, 0.1) is 0 Å². The Morgan fingerprint density at radius 2 is 0.896 bits per heavy atom. The van der Waals surface area contributed by atoms with E-state index in [1.54, 1.807) is 0 Å². The first-order valence-electron chi connectivity index (χ1n) is 16.2. The Morgan fingerprint density at radius 3 is 1.44 bits per heavy atom. The van der Waals surface area contributed by atoms with Gasteiger partial charge in [-0.05, 0) is 83.8 Å². The van der Waals surface area contributed by atoms with Gasteiger partial charge in [-0.3, -0.25) is 0 Å². The summed E-state index contributed by atoms with van der Waals surface area (Å²) in [5.41, 5.74) is 12.6. The number of benzene rings is 6. The maximum Gasteiger partial charge on any atom is 0.227 e. The third kappa shape index (κ3) is 5.60. The molecule has 0 radical (unpaired) electrons. The van der Waals surface area contributed by atoms with Gasteiger partial charge in [0.15, 0.2) is 5.58 Å². The van der Waals surface area contributed by atoms with Gasteiger partial charge < -0.3 is 9.32 Å². The second-order valence-electron chi connectivity index (χ2n) is 13.0. The standard InChI is InChI=1S/C43H34N4O/c1-43(2,3)32-21-27-35(28-22-32)47(34-25-19-31(20-26-34)42-46-38-15-9-10-16-39(38)48-42)33-23-17-30(18-24-33)41-40(29-11-5-4-6-12-29)44-36-13-7-8-14-37(36)45-41/h4-28H,1-3H3. The fourth-order valence-electron chi connectivity index (χ4n) is 6.07. The predicted molar refractivity (Wildman–Crippen MR) is 197 cm³/mol. The molecular weight excluding hydrogens is 589 g/mol. The molecule has 8 aromatic rings. The molecule has 0 saturated carbocycles. The first-order chi connectivity index (χ1) is 23.4. The van der Waals surface area contributed by atoms with Crippen molar-refractivity contribution < 1.29 is 4.42 Å². The van der Waals surface area contributed by atoms with Gasteiger partial charge in [0, 0.05) is 33.8 Å².